The number of unbranched alkanes of at least 4 members (excludes halogenated alkanes) is 2. The van der Waals surface area contributed by atoms with Crippen LogP contribution in [0.15, 0.2) is 72.8 Å². The summed E-state index contributed by atoms with van der Waals surface area (Å²) >= 11 is 0. The van der Waals surface area contributed by atoms with E-state index >= 15 is 0 Å². The molecule has 3 aromatic carbocycles. The highest BCUT2D eigenvalue weighted by atomic mass is 16.5. The molecule has 3 nitrogen and oxygen atoms in total. The monoisotopic (exact) mass is 402 g/mol. The molecule has 0 aliphatic heterocycles. The number of hydrogen-bond acceptors (Lipinski definition) is 3. The van der Waals surface area contributed by atoms with Gasteiger partial charge in [-0.3, -0.25) is 0 Å². The van der Waals surface area contributed by atoms with Crippen LogP contribution in [0.3, 0.4) is 0 Å². The molecule has 0 amide bonds. The van der Waals surface area contributed by atoms with Crippen LogP contribution in [-0.2, 0) is 6.42 Å². The van der Waals surface area contributed by atoms with E-state index in [1.54, 1.807) is 12.1 Å². The average Bonchev–Trinajstić information content (AvgIpc) is 2.79. The maximum atomic E-state index is 12.4. The summed E-state index contributed by atoms with van der Waals surface area (Å²) < 4.78 is 11.3. The van der Waals surface area contributed by atoms with Gasteiger partial charge in [0.25, 0.3) is 0 Å². The van der Waals surface area contributed by atoms with Crippen molar-refractivity contribution >= 4 is 5.97 Å². The van der Waals surface area contributed by atoms with Gasteiger partial charge in [-0.2, -0.15) is 0 Å². The lowest BCUT2D eigenvalue weighted by atomic mass is 10.0. The minimum Gasteiger partial charge on any atom is -0.494 e. The lowest BCUT2D eigenvalue weighted by molar-refractivity contribution is 0.0734. The van der Waals surface area contributed by atoms with Gasteiger partial charge in [-0.05, 0) is 65.9 Å². The number of rotatable bonds is 10. The molecule has 0 aliphatic rings. The van der Waals surface area contributed by atoms with Gasteiger partial charge in [0.1, 0.15) is 11.5 Å². The van der Waals surface area contributed by atoms with Gasteiger partial charge in [-0.15, -0.1) is 0 Å². The maximum Gasteiger partial charge on any atom is 0.343 e. The summed E-state index contributed by atoms with van der Waals surface area (Å²) in [7, 11) is 0. The van der Waals surface area contributed by atoms with Gasteiger partial charge < -0.3 is 9.47 Å². The fourth-order valence-electron chi connectivity index (χ4n) is 3.26. The van der Waals surface area contributed by atoms with Crippen molar-refractivity contribution in [1.29, 1.82) is 0 Å². The van der Waals surface area contributed by atoms with E-state index in [1.807, 2.05) is 60.7 Å². The summed E-state index contributed by atoms with van der Waals surface area (Å²) in [5.74, 6) is 1.11. The highest BCUT2D eigenvalue weighted by Crippen LogP contribution is 2.24. The molecule has 0 bridgehead atoms. The minimum absolute atomic E-state index is 0.347. The lowest BCUT2D eigenvalue weighted by Crippen LogP contribution is -2.08. The van der Waals surface area contributed by atoms with E-state index in [-0.39, 0.29) is 5.97 Å². The second kappa shape index (κ2) is 11.2. The van der Waals surface area contributed by atoms with Crippen LogP contribution in [0, 0.1) is 0 Å². The Hall–Kier alpha value is -3.07. The van der Waals surface area contributed by atoms with Crippen molar-refractivity contribution < 1.29 is 14.3 Å². The topological polar surface area (TPSA) is 35.5 Å². The number of carbonyl (C=O) groups is 1. The zero-order valence-corrected chi connectivity index (χ0v) is 17.9. The summed E-state index contributed by atoms with van der Waals surface area (Å²) in [5.41, 5.74) is 3.92. The Kier molecular flexibility index (Phi) is 8.08. The normalized spacial score (nSPS) is 10.6. The molecule has 3 heteroatoms. The molecule has 0 spiro atoms. The molecule has 0 aromatic heterocycles. The second-order valence-electron chi connectivity index (χ2n) is 7.44. The molecule has 0 N–H and O–H groups in total. The first-order valence-electron chi connectivity index (χ1n) is 10.8. The highest BCUT2D eigenvalue weighted by Gasteiger charge is 2.09. The number of carbonyl (C=O) groups excluding carboxylic acids is 1. The van der Waals surface area contributed by atoms with Crippen molar-refractivity contribution in [2.24, 2.45) is 0 Å². The SMILES string of the molecule is CCCCCOc1ccc(-c2ccc(C(=O)Oc3ccc(CCC)cc3)cc2)cc1. The molecule has 0 saturated heterocycles. The zero-order chi connectivity index (χ0) is 21.2. The molecular formula is C27H30O3. The Morgan fingerprint density at radius 1 is 0.700 bits per heavy atom. The van der Waals surface area contributed by atoms with Crippen LogP contribution in [0.5, 0.6) is 11.5 Å². The molecule has 0 saturated carbocycles. The number of hydrogen-bond donors (Lipinski definition) is 0. The van der Waals surface area contributed by atoms with Crippen LogP contribution < -0.4 is 9.47 Å². The summed E-state index contributed by atoms with van der Waals surface area (Å²) in [6.07, 6.45) is 5.59. The van der Waals surface area contributed by atoms with Gasteiger partial charge in [0.2, 0.25) is 0 Å². The molecule has 0 aliphatic carbocycles. The molecule has 30 heavy (non-hydrogen) atoms. The Morgan fingerprint density at radius 2 is 1.30 bits per heavy atom. The van der Waals surface area contributed by atoms with Crippen LogP contribution in [0.2, 0.25) is 0 Å². The van der Waals surface area contributed by atoms with Crippen molar-refractivity contribution in [3.05, 3.63) is 83.9 Å². The summed E-state index contributed by atoms with van der Waals surface area (Å²) in [6, 6.07) is 23.3. The molecule has 3 aromatic rings. The highest BCUT2D eigenvalue weighted by molar-refractivity contribution is 5.91. The average molecular weight is 403 g/mol. The molecule has 156 valence electrons. The van der Waals surface area contributed by atoms with Gasteiger partial charge in [0.15, 0.2) is 0 Å². The van der Waals surface area contributed by atoms with Crippen molar-refractivity contribution in [3.63, 3.8) is 0 Å². The first-order chi connectivity index (χ1) is 14.7. The third-order valence-corrected chi connectivity index (χ3v) is 5.00. The van der Waals surface area contributed by atoms with Crippen LogP contribution in [-0.4, -0.2) is 12.6 Å². The van der Waals surface area contributed by atoms with Crippen LogP contribution in [0.4, 0.5) is 0 Å². The fourth-order valence-corrected chi connectivity index (χ4v) is 3.26. The number of ether oxygens (including phenoxy) is 2. The number of esters is 1. The van der Waals surface area contributed by atoms with Crippen molar-refractivity contribution in [1.82, 2.24) is 0 Å². The van der Waals surface area contributed by atoms with Gasteiger partial charge in [-0.25, -0.2) is 4.79 Å². The molecule has 0 heterocycles. The van der Waals surface area contributed by atoms with Crippen LogP contribution in [0.1, 0.15) is 55.5 Å². The van der Waals surface area contributed by atoms with Crippen LogP contribution in [0.25, 0.3) is 11.1 Å². The largest absolute Gasteiger partial charge is 0.494 e. The van der Waals surface area contributed by atoms with E-state index in [0.717, 1.165) is 42.7 Å². The Balaban J connectivity index is 1.58. The first-order valence-corrected chi connectivity index (χ1v) is 10.8. The van der Waals surface area contributed by atoms with Crippen molar-refractivity contribution in [2.45, 2.75) is 46.0 Å². The second-order valence-corrected chi connectivity index (χ2v) is 7.44. The van der Waals surface area contributed by atoms with Gasteiger partial charge in [0.05, 0.1) is 12.2 Å². The van der Waals surface area contributed by atoms with E-state index in [2.05, 4.69) is 13.8 Å². The van der Waals surface area contributed by atoms with Crippen molar-refractivity contribution in [2.75, 3.05) is 6.61 Å². The molecule has 0 atom stereocenters. The third-order valence-electron chi connectivity index (χ3n) is 5.00. The Labute approximate surface area is 179 Å². The molecular weight excluding hydrogens is 372 g/mol. The summed E-state index contributed by atoms with van der Waals surface area (Å²) in [6.45, 7) is 5.09. The van der Waals surface area contributed by atoms with E-state index in [1.165, 1.54) is 18.4 Å². The van der Waals surface area contributed by atoms with Gasteiger partial charge >= 0.3 is 5.97 Å². The van der Waals surface area contributed by atoms with E-state index in [4.69, 9.17) is 9.47 Å². The van der Waals surface area contributed by atoms with E-state index in [0.29, 0.717) is 11.3 Å². The summed E-state index contributed by atoms with van der Waals surface area (Å²) in [4.78, 5) is 12.4. The van der Waals surface area contributed by atoms with Gasteiger partial charge in [-0.1, -0.05) is 69.5 Å². The molecule has 3 rings (SSSR count). The fraction of sp³-hybridized carbons (Fsp3) is 0.296. The molecule has 0 unspecified atom stereocenters. The lowest BCUT2D eigenvalue weighted by Gasteiger charge is -2.08. The smallest absolute Gasteiger partial charge is 0.343 e. The zero-order valence-electron chi connectivity index (χ0n) is 17.9. The number of benzene rings is 3. The maximum absolute atomic E-state index is 12.4. The van der Waals surface area contributed by atoms with E-state index in [9.17, 15) is 4.79 Å². The van der Waals surface area contributed by atoms with Crippen molar-refractivity contribution in [3.8, 4) is 22.6 Å². The number of aryl methyl sites for hydroxylation is 1. The Morgan fingerprint density at radius 3 is 1.90 bits per heavy atom. The Bertz CT molecular complexity index is 910. The quantitative estimate of drug-likeness (QED) is 0.206. The van der Waals surface area contributed by atoms with Gasteiger partial charge in [0, 0.05) is 0 Å². The summed E-state index contributed by atoms with van der Waals surface area (Å²) in [5, 5.41) is 0. The first kappa shape index (κ1) is 21.6. The molecule has 0 fully saturated rings. The molecule has 0 radical (unpaired) electrons. The van der Waals surface area contributed by atoms with Crippen LogP contribution >= 0.6 is 0 Å². The third kappa shape index (κ3) is 6.21. The minimum atomic E-state index is -0.347. The van der Waals surface area contributed by atoms with E-state index < -0.39 is 0 Å². The predicted molar refractivity (Wildman–Crippen MR) is 122 cm³/mol. The standard InChI is InChI=1S/C27H30O3/c1-3-5-6-20-29-25-18-14-23(15-19-25)22-10-12-24(13-11-22)27(28)30-26-16-8-21(7-4-2)9-17-26/h8-19H,3-7,20H2,1-2H3. The predicted octanol–water partition coefficient (Wildman–Crippen LogP) is 7.09.